The molecule has 3 N–H and O–H groups in total. The predicted molar refractivity (Wildman–Crippen MR) is 126 cm³/mol. The number of hydrogen-bond donors (Lipinski definition) is 3. The number of nitrogens with one attached hydrogen (secondary N) is 3. The van der Waals surface area contributed by atoms with E-state index in [2.05, 4.69) is 25.6 Å². The van der Waals surface area contributed by atoms with Crippen LogP contribution in [0.1, 0.15) is 11.4 Å². The highest BCUT2D eigenvalue weighted by atomic mass is 127. The van der Waals surface area contributed by atoms with Crippen LogP contribution in [0.4, 0.5) is 0 Å². The van der Waals surface area contributed by atoms with E-state index in [0.29, 0.717) is 5.02 Å². The van der Waals surface area contributed by atoms with Crippen molar-refractivity contribution < 1.29 is 4.74 Å². The fourth-order valence-electron chi connectivity index (χ4n) is 2.82. The number of aromatic nitrogens is 2. The number of methoxy groups -OCH3 is 1. The zero-order valence-corrected chi connectivity index (χ0v) is 19.0. The number of guanidine groups is 1. The molecule has 1 heterocycles. The van der Waals surface area contributed by atoms with Gasteiger partial charge in [0.2, 0.25) is 0 Å². The lowest BCUT2D eigenvalue weighted by atomic mass is 10.1. The zero-order valence-electron chi connectivity index (χ0n) is 16.0. The standard InChI is InChI=1S/C20H24ClN5O.HI/c1-22-20(23-11-9-14-7-8-15(27-2)13-16(14)21)24-12-10-19-25-17-5-3-4-6-18(17)26-19;/h3-8,13H,9-12H2,1-2H3,(H,25,26)(H2,22,23,24);1H. The quantitative estimate of drug-likeness (QED) is 0.255. The molecule has 0 saturated heterocycles. The second-order valence-corrected chi connectivity index (χ2v) is 6.49. The SMILES string of the molecule is CN=C(NCCc1nc2ccccc2[nH]1)NCCc1ccc(OC)cc1Cl.I. The van der Waals surface area contributed by atoms with Crippen molar-refractivity contribution in [1.29, 1.82) is 0 Å². The molecule has 0 spiro atoms. The number of ether oxygens (including phenoxy) is 1. The van der Waals surface area contributed by atoms with Crippen molar-refractivity contribution in [2.45, 2.75) is 12.8 Å². The van der Waals surface area contributed by atoms with Crippen LogP contribution in [0.15, 0.2) is 47.5 Å². The highest BCUT2D eigenvalue weighted by Gasteiger charge is 2.05. The predicted octanol–water partition coefficient (Wildman–Crippen LogP) is 3.79. The van der Waals surface area contributed by atoms with Crippen LogP contribution in [-0.4, -0.2) is 43.2 Å². The van der Waals surface area contributed by atoms with Gasteiger partial charge in [-0.3, -0.25) is 4.99 Å². The number of aliphatic imine (C=N–C) groups is 1. The Hall–Kier alpha value is -2.00. The first-order valence-corrected chi connectivity index (χ1v) is 9.28. The van der Waals surface area contributed by atoms with Gasteiger partial charge in [-0.25, -0.2) is 4.98 Å². The maximum absolute atomic E-state index is 6.28. The minimum atomic E-state index is 0. The molecular weight excluding hydrogens is 489 g/mol. The fraction of sp³-hybridized carbons (Fsp3) is 0.300. The largest absolute Gasteiger partial charge is 0.497 e. The molecule has 0 aliphatic carbocycles. The third-order valence-electron chi connectivity index (χ3n) is 4.26. The summed E-state index contributed by atoms with van der Waals surface area (Å²) in [5, 5.41) is 7.32. The summed E-state index contributed by atoms with van der Waals surface area (Å²) in [5.74, 6) is 2.49. The molecule has 3 rings (SSSR count). The van der Waals surface area contributed by atoms with Gasteiger partial charge in [0.05, 0.1) is 18.1 Å². The second-order valence-electron chi connectivity index (χ2n) is 6.08. The molecular formula is C20H25ClIN5O. The zero-order chi connectivity index (χ0) is 19.1. The van der Waals surface area contributed by atoms with Crippen molar-refractivity contribution in [1.82, 2.24) is 20.6 Å². The summed E-state index contributed by atoms with van der Waals surface area (Å²) in [7, 11) is 3.39. The molecule has 150 valence electrons. The number of benzene rings is 2. The highest BCUT2D eigenvalue weighted by Crippen LogP contribution is 2.22. The van der Waals surface area contributed by atoms with Crippen molar-refractivity contribution in [3.8, 4) is 5.75 Å². The fourth-order valence-corrected chi connectivity index (χ4v) is 3.08. The Bertz CT molecular complexity index is 895. The van der Waals surface area contributed by atoms with Gasteiger partial charge in [0.1, 0.15) is 11.6 Å². The van der Waals surface area contributed by atoms with Crippen LogP contribution in [0.5, 0.6) is 5.75 Å². The van der Waals surface area contributed by atoms with Crippen LogP contribution in [0, 0.1) is 0 Å². The number of H-pyrrole nitrogens is 1. The first-order chi connectivity index (χ1) is 13.2. The summed E-state index contributed by atoms with van der Waals surface area (Å²) in [5.41, 5.74) is 3.13. The average Bonchev–Trinajstić information content (AvgIpc) is 3.10. The van der Waals surface area contributed by atoms with Crippen LogP contribution in [0.3, 0.4) is 0 Å². The molecule has 6 nitrogen and oxygen atoms in total. The molecule has 0 aliphatic rings. The van der Waals surface area contributed by atoms with Gasteiger partial charge in [0, 0.05) is 31.6 Å². The Kier molecular flexibility index (Phi) is 8.85. The Labute approximate surface area is 187 Å². The lowest BCUT2D eigenvalue weighted by molar-refractivity contribution is 0.414. The van der Waals surface area contributed by atoms with Gasteiger partial charge >= 0.3 is 0 Å². The van der Waals surface area contributed by atoms with Crippen molar-refractivity contribution in [2.75, 3.05) is 27.2 Å². The van der Waals surface area contributed by atoms with E-state index < -0.39 is 0 Å². The molecule has 8 heteroatoms. The van der Waals surface area contributed by atoms with Gasteiger partial charge < -0.3 is 20.4 Å². The molecule has 0 unspecified atom stereocenters. The highest BCUT2D eigenvalue weighted by molar-refractivity contribution is 14.0. The summed E-state index contributed by atoms with van der Waals surface area (Å²) in [4.78, 5) is 12.2. The first-order valence-electron chi connectivity index (χ1n) is 8.90. The lowest BCUT2D eigenvalue weighted by Gasteiger charge is -2.12. The van der Waals surface area contributed by atoms with Crippen molar-refractivity contribution >= 4 is 52.6 Å². The van der Waals surface area contributed by atoms with Gasteiger partial charge in [0.15, 0.2) is 5.96 Å². The van der Waals surface area contributed by atoms with Gasteiger partial charge in [-0.1, -0.05) is 29.8 Å². The number of halogens is 2. The Morgan fingerprint density at radius 3 is 2.57 bits per heavy atom. The molecule has 28 heavy (non-hydrogen) atoms. The number of imidazole rings is 1. The van der Waals surface area contributed by atoms with Gasteiger partial charge in [0.25, 0.3) is 0 Å². The molecule has 2 aromatic carbocycles. The van der Waals surface area contributed by atoms with E-state index in [1.54, 1.807) is 14.2 Å². The van der Waals surface area contributed by atoms with E-state index in [4.69, 9.17) is 16.3 Å². The molecule has 0 bridgehead atoms. The molecule has 0 atom stereocenters. The van der Waals surface area contributed by atoms with Crippen LogP contribution < -0.4 is 15.4 Å². The number of fused-ring (bicyclic) bond motifs is 1. The minimum Gasteiger partial charge on any atom is -0.497 e. The molecule has 0 saturated carbocycles. The topological polar surface area (TPSA) is 74.3 Å². The summed E-state index contributed by atoms with van der Waals surface area (Å²) < 4.78 is 5.17. The van der Waals surface area contributed by atoms with Crippen molar-refractivity contribution in [2.24, 2.45) is 4.99 Å². The maximum atomic E-state index is 6.28. The van der Waals surface area contributed by atoms with Crippen molar-refractivity contribution in [3.05, 3.63) is 58.9 Å². The Morgan fingerprint density at radius 1 is 1.14 bits per heavy atom. The molecule has 0 radical (unpaired) electrons. The lowest BCUT2D eigenvalue weighted by Crippen LogP contribution is -2.39. The third kappa shape index (κ3) is 6.00. The smallest absolute Gasteiger partial charge is 0.191 e. The summed E-state index contributed by atoms with van der Waals surface area (Å²) in [6, 6.07) is 13.8. The van der Waals surface area contributed by atoms with E-state index in [9.17, 15) is 0 Å². The van der Waals surface area contributed by atoms with Crippen molar-refractivity contribution in [3.63, 3.8) is 0 Å². The summed E-state index contributed by atoms with van der Waals surface area (Å²) >= 11 is 6.28. The van der Waals surface area contributed by atoms with Gasteiger partial charge in [-0.05, 0) is 36.2 Å². The van der Waals surface area contributed by atoms with Crippen LogP contribution >= 0.6 is 35.6 Å². The number of para-hydroxylation sites is 2. The number of aromatic amines is 1. The van der Waals surface area contributed by atoms with E-state index in [1.807, 2.05) is 42.5 Å². The molecule has 0 fully saturated rings. The van der Waals surface area contributed by atoms with E-state index in [0.717, 1.165) is 60.1 Å². The first kappa shape index (κ1) is 22.3. The molecule has 0 amide bonds. The molecule has 1 aromatic heterocycles. The third-order valence-corrected chi connectivity index (χ3v) is 4.62. The summed E-state index contributed by atoms with van der Waals surface area (Å²) in [6.45, 7) is 1.47. The normalized spacial score (nSPS) is 11.2. The number of nitrogens with zero attached hydrogens (tertiary/aromatic N) is 2. The van der Waals surface area contributed by atoms with Gasteiger partial charge in [-0.15, -0.1) is 24.0 Å². The monoisotopic (exact) mass is 513 g/mol. The van der Waals surface area contributed by atoms with E-state index >= 15 is 0 Å². The Morgan fingerprint density at radius 2 is 1.89 bits per heavy atom. The average molecular weight is 514 g/mol. The van der Waals surface area contributed by atoms with Crippen LogP contribution in [-0.2, 0) is 12.8 Å². The Balaban J connectivity index is 0.00000280. The minimum absolute atomic E-state index is 0. The maximum Gasteiger partial charge on any atom is 0.191 e. The second kappa shape index (κ2) is 11.1. The van der Waals surface area contributed by atoms with Crippen LogP contribution in [0.25, 0.3) is 11.0 Å². The van der Waals surface area contributed by atoms with E-state index in [-0.39, 0.29) is 24.0 Å². The van der Waals surface area contributed by atoms with Crippen LogP contribution in [0.2, 0.25) is 5.02 Å². The molecule has 3 aromatic rings. The number of hydrogen-bond acceptors (Lipinski definition) is 3. The van der Waals surface area contributed by atoms with E-state index in [1.165, 1.54) is 0 Å². The summed E-state index contributed by atoms with van der Waals surface area (Å²) in [6.07, 6.45) is 1.59. The van der Waals surface area contributed by atoms with Gasteiger partial charge in [-0.2, -0.15) is 0 Å². The molecule has 0 aliphatic heterocycles. The number of rotatable bonds is 7.